The first-order valence-corrected chi connectivity index (χ1v) is 15.4. The summed E-state index contributed by atoms with van der Waals surface area (Å²) in [6.45, 7) is 9.46. The van der Waals surface area contributed by atoms with E-state index >= 15 is 4.57 Å². The Kier molecular flexibility index (Phi) is 5.81. The van der Waals surface area contributed by atoms with Gasteiger partial charge < -0.3 is 18.5 Å². The lowest BCUT2D eigenvalue weighted by atomic mass is 9.61. The maximum absolute atomic E-state index is 15.7. The molecule has 2 fully saturated rings. The van der Waals surface area contributed by atoms with E-state index in [1.54, 1.807) is 7.11 Å². The Morgan fingerprint density at radius 2 is 1.24 bits per heavy atom. The third-order valence-electron chi connectivity index (χ3n) is 8.89. The van der Waals surface area contributed by atoms with Crippen LogP contribution in [0.2, 0.25) is 0 Å². The molecule has 6 heteroatoms. The molecule has 2 bridgehead atoms. The lowest BCUT2D eigenvalue weighted by Crippen LogP contribution is -2.51. The van der Waals surface area contributed by atoms with Gasteiger partial charge in [0.15, 0.2) is 5.16 Å². The van der Waals surface area contributed by atoms with E-state index in [1.165, 1.54) is 0 Å². The van der Waals surface area contributed by atoms with Crippen LogP contribution in [0.15, 0.2) is 121 Å². The molecule has 0 spiro atoms. The number of hydrogen-bond donors (Lipinski definition) is 0. The molecule has 0 aromatic heterocycles. The molecule has 0 radical (unpaired) electrons. The van der Waals surface area contributed by atoms with Crippen molar-refractivity contribution < 1.29 is 23.1 Å². The fraction of sp³-hybridized carbons (Fsp3) is 0.257. The zero-order valence-electron chi connectivity index (χ0n) is 23.5. The highest BCUT2D eigenvalue weighted by atomic mass is 31.2. The summed E-state index contributed by atoms with van der Waals surface area (Å²) in [5, 5.41) is -1.42. The molecular weight excluding hydrogens is 531 g/mol. The second-order valence-electron chi connectivity index (χ2n) is 11.9. The van der Waals surface area contributed by atoms with Crippen molar-refractivity contribution in [3.05, 3.63) is 149 Å². The molecule has 7 rings (SSSR count). The number of methoxy groups -OCH3 is 1. The van der Waals surface area contributed by atoms with Crippen LogP contribution in [0.5, 0.6) is 5.75 Å². The molecule has 0 aliphatic carbocycles. The molecule has 41 heavy (non-hydrogen) atoms. The monoisotopic (exact) mass is 564 g/mol. The van der Waals surface area contributed by atoms with Gasteiger partial charge in [0.1, 0.15) is 17.0 Å². The maximum Gasteiger partial charge on any atom is 0.349 e. The van der Waals surface area contributed by atoms with Crippen molar-refractivity contribution in [3.63, 3.8) is 0 Å². The summed E-state index contributed by atoms with van der Waals surface area (Å²) in [5.74, 6) is 0.690. The third-order valence-corrected chi connectivity index (χ3v) is 11.5. The van der Waals surface area contributed by atoms with Crippen molar-refractivity contribution in [2.75, 3.05) is 20.3 Å². The Morgan fingerprint density at radius 1 is 0.707 bits per heavy atom. The summed E-state index contributed by atoms with van der Waals surface area (Å²) in [6.07, 6.45) is 0. The molecule has 208 valence electrons. The van der Waals surface area contributed by atoms with Crippen LogP contribution in [0.1, 0.15) is 41.7 Å². The van der Waals surface area contributed by atoms with Gasteiger partial charge in [-0.15, -0.1) is 0 Å². The van der Waals surface area contributed by atoms with Crippen molar-refractivity contribution >= 4 is 7.60 Å². The van der Waals surface area contributed by atoms with Crippen molar-refractivity contribution in [2.45, 2.75) is 30.2 Å². The fourth-order valence-electron chi connectivity index (χ4n) is 7.07. The Hall–Kier alpha value is -3.47. The van der Waals surface area contributed by atoms with Gasteiger partial charge in [0.25, 0.3) is 0 Å². The van der Waals surface area contributed by atoms with Gasteiger partial charge in [-0.3, -0.25) is 4.57 Å². The molecule has 0 N–H and O–H groups in total. The molecular formula is C35H33O5P. The van der Waals surface area contributed by atoms with Crippen molar-refractivity contribution in [3.8, 4) is 5.75 Å². The molecule has 5 nitrogen and oxygen atoms in total. The van der Waals surface area contributed by atoms with Gasteiger partial charge in [0, 0.05) is 5.41 Å². The standard InChI is InChI=1S/C35H33O5P/c1-25-33(26-13-7-5-8-14-26)30-17-11-12-18-31(30)34(40-33,27-15-9-6-10-16-27)35(25,28-19-21-29(37-4)22-20-28)41(36)38-23-32(2,3)24-39-41/h5-22H,1,23-24H2,2-4H3/t33-,34+,35+/m1/s1. The Morgan fingerprint density at radius 3 is 1.83 bits per heavy atom. The first-order chi connectivity index (χ1) is 19.8. The first kappa shape index (κ1) is 26.4. The van der Waals surface area contributed by atoms with Crippen LogP contribution in [-0.4, -0.2) is 20.3 Å². The lowest BCUT2D eigenvalue weighted by Gasteiger charge is -2.52. The van der Waals surface area contributed by atoms with Crippen LogP contribution in [-0.2, 0) is 34.7 Å². The normalized spacial score (nSPS) is 29.2. The minimum atomic E-state index is -4.03. The molecule has 0 amide bonds. The minimum Gasteiger partial charge on any atom is -0.497 e. The highest BCUT2D eigenvalue weighted by Gasteiger charge is 2.82. The van der Waals surface area contributed by atoms with Gasteiger partial charge in [-0.05, 0) is 45.5 Å². The van der Waals surface area contributed by atoms with E-state index in [1.807, 2.05) is 84.9 Å². The van der Waals surface area contributed by atoms with Crippen LogP contribution in [0, 0.1) is 5.41 Å². The second kappa shape index (κ2) is 9.01. The van der Waals surface area contributed by atoms with Crippen LogP contribution in [0.3, 0.4) is 0 Å². The second-order valence-corrected chi connectivity index (χ2v) is 14.1. The average Bonchev–Trinajstić information content (AvgIpc) is 3.47. The highest BCUT2D eigenvalue weighted by Crippen LogP contribution is 2.86. The van der Waals surface area contributed by atoms with Gasteiger partial charge in [0.2, 0.25) is 0 Å². The first-order valence-electron chi connectivity index (χ1n) is 13.9. The van der Waals surface area contributed by atoms with Crippen LogP contribution in [0.4, 0.5) is 0 Å². The van der Waals surface area contributed by atoms with Crippen molar-refractivity contribution in [2.24, 2.45) is 5.41 Å². The topological polar surface area (TPSA) is 54.0 Å². The van der Waals surface area contributed by atoms with E-state index in [2.05, 4.69) is 38.1 Å². The minimum absolute atomic E-state index is 0.278. The van der Waals surface area contributed by atoms with Crippen molar-refractivity contribution in [1.82, 2.24) is 0 Å². The van der Waals surface area contributed by atoms with E-state index in [4.69, 9.17) is 25.1 Å². The van der Waals surface area contributed by atoms with E-state index in [9.17, 15) is 0 Å². The largest absolute Gasteiger partial charge is 0.497 e. The molecule has 3 aliphatic rings. The number of hydrogen-bond acceptors (Lipinski definition) is 5. The zero-order valence-corrected chi connectivity index (χ0v) is 24.4. The Bertz CT molecular complexity index is 1670. The summed E-state index contributed by atoms with van der Waals surface area (Å²) in [7, 11) is -2.40. The quantitative estimate of drug-likeness (QED) is 0.182. The van der Waals surface area contributed by atoms with Gasteiger partial charge in [-0.25, -0.2) is 0 Å². The molecule has 2 saturated heterocycles. The van der Waals surface area contributed by atoms with Crippen LogP contribution >= 0.6 is 7.60 Å². The molecule has 4 aromatic rings. The number of fused-ring (bicyclic) bond motifs is 5. The summed E-state index contributed by atoms with van der Waals surface area (Å²) in [5.41, 5.74) is 2.35. The van der Waals surface area contributed by atoms with Gasteiger partial charge in [-0.2, -0.15) is 0 Å². The van der Waals surface area contributed by atoms with Crippen LogP contribution < -0.4 is 4.74 Å². The van der Waals surface area contributed by atoms with E-state index in [0.29, 0.717) is 11.3 Å². The van der Waals surface area contributed by atoms with E-state index < -0.39 is 24.0 Å². The summed E-state index contributed by atoms with van der Waals surface area (Å²) in [6, 6.07) is 36.0. The predicted octanol–water partition coefficient (Wildman–Crippen LogP) is 7.94. The number of rotatable bonds is 5. The summed E-state index contributed by atoms with van der Waals surface area (Å²) >= 11 is 0. The van der Waals surface area contributed by atoms with Crippen LogP contribution in [0.25, 0.3) is 0 Å². The summed E-state index contributed by atoms with van der Waals surface area (Å²) in [4.78, 5) is 0. The predicted molar refractivity (Wildman–Crippen MR) is 159 cm³/mol. The third kappa shape index (κ3) is 3.26. The number of ether oxygens (including phenoxy) is 2. The fourth-order valence-corrected chi connectivity index (χ4v) is 10.2. The van der Waals surface area contributed by atoms with Crippen molar-refractivity contribution in [1.29, 1.82) is 0 Å². The maximum atomic E-state index is 15.7. The summed E-state index contributed by atoms with van der Waals surface area (Å²) < 4.78 is 41.8. The molecule has 3 atom stereocenters. The smallest absolute Gasteiger partial charge is 0.349 e. The number of benzene rings is 4. The molecule has 4 aromatic carbocycles. The lowest BCUT2D eigenvalue weighted by molar-refractivity contribution is -0.0525. The molecule has 0 unspecified atom stereocenters. The highest BCUT2D eigenvalue weighted by molar-refractivity contribution is 7.55. The van der Waals surface area contributed by atoms with E-state index in [0.717, 1.165) is 27.8 Å². The van der Waals surface area contributed by atoms with E-state index in [-0.39, 0.29) is 18.6 Å². The average molecular weight is 565 g/mol. The molecule has 3 aliphatic heterocycles. The Labute approximate surface area is 241 Å². The Balaban J connectivity index is 1.65. The SMILES string of the molecule is C=C1[C@]2(c3ccccc3)O[C@@](c3ccccc3)(c3ccccc32)[C@]1(c1ccc(OC)cc1)P1(=O)OCC(C)(C)CO1. The molecule has 3 heterocycles. The van der Waals surface area contributed by atoms with Gasteiger partial charge in [-0.1, -0.05) is 117 Å². The zero-order chi connectivity index (χ0) is 28.5. The molecule has 0 saturated carbocycles. The van der Waals surface area contributed by atoms with Gasteiger partial charge in [0.05, 0.1) is 20.3 Å². The van der Waals surface area contributed by atoms with Gasteiger partial charge >= 0.3 is 7.60 Å².